The van der Waals surface area contributed by atoms with Gasteiger partial charge < -0.3 is 9.88 Å². The first-order valence-electron chi connectivity index (χ1n) is 6.57. The number of likely N-dealkylation sites (tertiary alicyclic amines) is 1. The molecule has 0 amide bonds. The van der Waals surface area contributed by atoms with Crippen molar-refractivity contribution in [2.24, 2.45) is 0 Å². The van der Waals surface area contributed by atoms with Gasteiger partial charge in [0.25, 0.3) is 5.56 Å². The molecule has 1 fully saturated rings. The molecule has 1 unspecified atom stereocenters. The Labute approximate surface area is 120 Å². The second-order valence-corrected chi connectivity index (χ2v) is 6.44. The molecule has 1 atom stereocenters. The van der Waals surface area contributed by atoms with Gasteiger partial charge in [-0.15, -0.1) is 11.3 Å². The molecule has 0 spiro atoms. The van der Waals surface area contributed by atoms with Crippen molar-refractivity contribution >= 4 is 33.8 Å². The van der Waals surface area contributed by atoms with Crippen LogP contribution in [0.4, 0.5) is 0 Å². The quantitative estimate of drug-likeness (QED) is 0.866. The van der Waals surface area contributed by atoms with Crippen molar-refractivity contribution in [3.63, 3.8) is 0 Å². The van der Waals surface area contributed by atoms with Crippen molar-refractivity contribution in [1.29, 1.82) is 0 Å². The van der Waals surface area contributed by atoms with Crippen molar-refractivity contribution < 1.29 is 0 Å². The number of hydrogen-bond acceptors (Lipinski definition) is 4. The third-order valence-corrected chi connectivity index (χ3v) is 5.07. The number of aromatic amines is 1. The zero-order valence-electron chi connectivity index (χ0n) is 10.9. The number of thiophene rings is 1. The van der Waals surface area contributed by atoms with Crippen LogP contribution in [0.25, 0.3) is 10.2 Å². The number of likely N-dealkylation sites (N-methyl/N-ethyl adjacent to an activating group) is 1. The first-order valence-corrected chi connectivity index (χ1v) is 7.86. The number of piperidine rings is 1. The molecule has 3 rings (SSSR count). The number of nitrogens with one attached hydrogen (secondary N) is 1. The maximum Gasteiger partial charge on any atom is 0.263 e. The predicted octanol–water partition coefficient (Wildman–Crippen LogP) is 2.60. The predicted molar refractivity (Wildman–Crippen MR) is 81.5 cm³/mol. The van der Waals surface area contributed by atoms with E-state index < -0.39 is 0 Å². The molecule has 1 aliphatic heterocycles. The van der Waals surface area contributed by atoms with Gasteiger partial charge in [0.2, 0.25) is 0 Å². The summed E-state index contributed by atoms with van der Waals surface area (Å²) in [7, 11) is 2.13. The topological polar surface area (TPSA) is 41.0 Å². The van der Waals surface area contributed by atoms with E-state index in [9.17, 15) is 4.79 Å². The van der Waals surface area contributed by atoms with Crippen LogP contribution in [0.5, 0.6) is 0 Å². The third kappa shape index (κ3) is 2.40. The molecule has 4 nitrogen and oxygen atoms in total. The summed E-state index contributed by atoms with van der Waals surface area (Å²) in [6, 6.07) is 2.28. The molecule has 1 aliphatic rings. The molecule has 0 aromatic carbocycles. The number of fused-ring (bicyclic) bond motifs is 1. The molecule has 2 aromatic rings. The fraction of sp³-hybridized carbons (Fsp3) is 0.538. The molecule has 0 bridgehead atoms. The van der Waals surface area contributed by atoms with Crippen LogP contribution in [0.2, 0.25) is 0 Å². The lowest BCUT2D eigenvalue weighted by molar-refractivity contribution is 0.165. The maximum atomic E-state index is 12.5. The van der Waals surface area contributed by atoms with Gasteiger partial charge in [-0.3, -0.25) is 9.36 Å². The second-order valence-electron chi connectivity index (χ2n) is 5.14. The largest absolute Gasteiger partial charge is 0.323 e. The molecule has 2 aromatic heterocycles. The van der Waals surface area contributed by atoms with E-state index in [2.05, 4.69) is 16.9 Å². The summed E-state index contributed by atoms with van der Waals surface area (Å²) >= 11 is 6.86. The molecule has 102 valence electrons. The first-order chi connectivity index (χ1) is 9.16. The number of rotatable bonds is 2. The molecule has 19 heavy (non-hydrogen) atoms. The SMILES string of the molecule is CN1CCCCC1Cn1c(=S)[nH]c2sccc2c1=O. The fourth-order valence-corrected chi connectivity index (χ4v) is 3.83. The van der Waals surface area contributed by atoms with Gasteiger partial charge in [0.15, 0.2) is 4.77 Å². The highest BCUT2D eigenvalue weighted by Gasteiger charge is 2.20. The maximum absolute atomic E-state index is 12.5. The monoisotopic (exact) mass is 295 g/mol. The van der Waals surface area contributed by atoms with Crippen molar-refractivity contribution in [2.45, 2.75) is 31.8 Å². The highest BCUT2D eigenvalue weighted by Crippen LogP contribution is 2.18. The number of hydrogen-bond donors (Lipinski definition) is 1. The molecular formula is C13H17N3OS2. The number of nitrogens with zero attached hydrogens (tertiary/aromatic N) is 2. The lowest BCUT2D eigenvalue weighted by atomic mass is 10.0. The van der Waals surface area contributed by atoms with Crippen molar-refractivity contribution in [1.82, 2.24) is 14.5 Å². The minimum absolute atomic E-state index is 0.0407. The Kier molecular flexibility index (Phi) is 3.56. The molecule has 0 radical (unpaired) electrons. The van der Waals surface area contributed by atoms with Gasteiger partial charge in [-0.2, -0.15) is 0 Å². The van der Waals surface area contributed by atoms with E-state index in [0.717, 1.165) is 23.2 Å². The van der Waals surface area contributed by atoms with Crippen LogP contribution in [0, 0.1) is 4.77 Å². The van der Waals surface area contributed by atoms with Gasteiger partial charge in [0, 0.05) is 12.6 Å². The number of H-pyrrole nitrogens is 1. The van der Waals surface area contributed by atoms with E-state index in [4.69, 9.17) is 12.2 Å². The Bertz CT molecular complexity index is 700. The van der Waals surface area contributed by atoms with Gasteiger partial charge in [-0.05, 0) is 50.1 Å². The van der Waals surface area contributed by atoms with E-state index in [0.29, 0.717) is 17.4 Å². The molecular weight excluding hydrogens is 278 g/mol. The van der Waals surface area contributed by atoms with Crippen LogP contribution < -0.4 is 5.56 Å². The summed E-state index contributed by atoms with van der Waals surface area (Å²) in [4.78, 5) is 18.8. The average molecular weight is 295 g/mol. The fourth-order valence-electron chi connectivity index (χ4n) is 2.73. The van der Waals surface area contributed by atoms with Crippen LogP contribution >= 0.6 is 23.6 Å². The Morgan fingerprint density at radius 3 is 3.16 bits per heavy atom. The molecule has 6 heteroatoms. The standard InChI is InChI=1S/C13H17N3OS2/c1-15-6-3-2-4-9(15)8-16-12(17)10-5-7-19-11(10)14-13(16)18/h5,7,9H,2-4,6,8H2,1H3,(H,14,18). The van der Waals surface area contributed by atoms with Gasteiger partial charge in [0.05, 0.1) is 5.39 Å². The van der Waals surface area contributed by atoms with Gasteiger partial charge in [0.1, 0.15) is 4.83 Å². The lowest BCUT2D eigenvalue weighted by Gasteiger charge is -2.32. The summed E-state index contributed by atoms with van der Waals surface area (Å²) in [5.41, 5.74) is 0.0407. The van der Waals surface area contributed by atoms with E-state index in [1.807, 2.05) is 11.4 Å². The van der Waals surface area contributed by atoms with Crippen LogP contribution in [0.15, 0.2) is 16.2 Å². The lowest BCUT2D eigenvalue weighted by Crippen LogP contribution is -2.41. The first kappa shape index (κ1) is 13.0. The summed E-state index contributed by atoms with van der Waals surface area (Å²) in [6.45, 7) is 1.80. The minimum Gasteiger partial charge on any atom is -0.323 e. The Balaban J connectivity index is 2.00. The molecule has 0 saturated carbocycles. The van der Waals surface area contributed by atoms with E-state index in [-0.39, 0.29) is 5.56 Å². The Morgan fingerprint density at radius 1 is 1.53 bits per heavy atom. The third-order valence-electron chi connectivity index (χ3n) is 3.92. The van der Waals surface area contributed by atoms with Crippen molar-refractivity contribution in [2.75, 3.05) is 13.6 Å². The smallest absolute Gasteiger partial charge is 0.263 e. The molecule has 3 heterocycles. The average Bonchev–Trinajstić information content (AvgIpc) is 2.84. The zero-order valence-corrected chi connectivity index (χ0v) is 12.5. The second kappa shape index (κ2) is 5.19. The van der Waals surface area contributed by atoms with Gasteiger partial charge >= 0.3 is 0 Å². The highest BCUT2D eigenvalue weighted by atomic mass is 32.1. The van der Waals surface area contributed by atoms with Crippen LogP contribution in [-0.2, 0) is 6.54 Å². The summed E-state index contributed by atoms with van der Waals surface area (Å²) in [5.74, 6) is 0. The van der Waals surface area contributed by atoms with E-state index in [1.165, 1.54) is 24.2 Å². The van der Waals surface area contributed by atoms with Crippen molar-refractivity contribution in [3.05, 3.63) is 26.6 Å². The number of aromatic nitrogens is 2. The van der Waals surface area contributed by atoms with Gasteiger partial charge in [-0.25, -0.2) is 0 Å². The van der Waals surface area contributed by atoms with E-state index >= 15 is 0 Å². The summed E-state index contributed by atoms with van der Waals surface area (Å²) in [6.07, 6.45) is 3.62. The normalized spacial score (nSPS) is 21.0. The van der Waals surface area contributed by atoms with E-state index in [1.54, 1.807) is 4.57 Å². The summed E-state index contributed by atoms with van der Waals surface area (Å²) in [5, 5.41) is 2.67. The Hall–Kier alpha value is -0.980. The Morgan fingerprint density at radius 2 is 2.37 bits per heavy atom. The van der Waals surface area contributed by atoms with Crippen LogP contribution in [0.3, 0.4) is 0 Å². The molecule has 0 aliphatic carbocycles. The molecule has 1 N–H and O–H groups in total. The minimum atomic E-state index is 0.0407. The van der Waals surface area contributed by atoms with Crippen molar-refractivity contribution in [3.8, 4) is 0 Å². The molecule has 1 saturated heterocycles. The van der Waals surface area contributed by atoms with Crippen LogP contribution in [0.1, 0.15) is 19.3 Å². The zero-order chi connectivity index (χ0) is 13.4. The highest BCUT2D eigenvalue weighted by molar-refractivity contribution is 7.71. The summed E-state index contributed by atoms with van der Waals surface area (Å²) < 4.78 is 2.26. The van der Waals surface area contributed by atoms with Gasteiger partial charge in [-0.1, -0.05) is 6.42 Å². The van der Waals surface area contributed by atoms with Crippen LogP contribution in [-0.4, -0.2) is 34.1 Å².